The monoisotopic (exact) mass is 297 g/mol. The summed E-state index contributed by atoms with van der Waals surface area (Å²) in [5, 5.41) is 9.13. The summed E-state index contributed by atoms with van der Waals surface area (Å²) in [6, 6.07) is 4.94. The van der Waals surface area contributed by atoms with E-state index in [1.165, 1.54) is 11.8 Å². The van der Waals surface area contributed by atoms with Gasteiger partial charge in [-0.2, -0.15) is 0 Å². The molecule has 0 aromatic heterocycles. The molecular formula is C14H19NO4S. The van der Waals surface area contributed by atoms with Gasteiger partial charge < -0.3 is 15.6 Å². The summed E-state index contributed by atoms with van der Waals surface area (Å²) < 4.78 is 5.18. The third-order valence-electron chi connectivity index (χ3n) is 2.29. The summed E-state index contributed by atoms with van der Waals surface area (Å²) in [6.45, 7) is 5.40. The normalized spacial score (nSPS) is 11.2. The number of anilines is 1. The van der Waals surface area contributed by atoms with E-state index < -0.39 is 11.6 Å². The van der Waals surface area contributed by atoms with Gasteiger partial charge in [0.25, 0.3) is 0 Å². The van der Waals surface area contributed by atoms with E-state index in [1.54, 1.807) is 39.0 Å². The molecule has 0 bridgehead atoms. The Hall–Kier alpha value is -1.69. The number of aromatic carboxylic acids is 1. The van der Waals surface area contributed by atoms with Gasteiger partial charge in [-0.15, -0.1) is 11.8 Å². The maximum Gasteiger partial charge on any atom is 0.338 e. The minimum absolute atomic E-state index is 0.101. The number of rotatable bonds is 5. The van der Waals surface area contributed by atoms with Gasteiger partial charge in [-0.3, -0.25) is 4.79 Å². The van der Waals surface area contributed by atoms with E-state index >= 15 is 0 Å². The number of ether oxygens (including phenoxy) is 1. The maximum absolute atomic E-state index is 11.6. The van der Waals surface area contributed by atoms with Crippen molar-refractivity contribution < 1.29 is 19.4 Å². The van der Waals surface area contributed by atoms with Gasteiger partial charge >= 0.3 is 11.9 Å². The lowest BCUT2D eigenvalue weighted by Crippen LogP contribution is -2.25. The van der Waals surface area contributed by atoms with Crippen molar-refractivity contribution in [2.24, 2.45) is 0 Å². The molecule has 0 saturated heterocycles. The molecule has 0 fully saturated rings. The average molecular weight is 297 g/mol. The zero-order chi connectivity index (χ0) is 15.3. The van der Waals surface area contributed by atoms with Crippen LogP contribution in [0.1, 0.15) is 36.7 Å². The number of nitrogen functional groups attached to an aromatic ring is 1. The quantitative estimate of drug-likeness (QED) is 0.641. The fourth-order valence-corrected chi connectivity index (χ4v) is 2.40. The van der Waals surface area contributed by atoms with Gasteiger partial charge in [0, 0.05) is 11.4 Å². The first kappa shape index (κ1) is 16.4. The molecule has 6 heteroatoms. The second-order valence-electron chi connectivity index (χ2n) is 5.27. The molecule has 3 N–H and O–H groups in total. The molecule has 0 saturated carbocycles. The minimum Gasteiger partial charge on any atom is -0.478 e. The largest absolute Gasteiger partial charge is 0.478 e. The summed E-state index contributed by atoms with van der Waals surface area (Å²) in [6.07, 6.45) is 0. The summed E-state index contributed by atoms with van der Waals surface area (Å²) in [5.41, 5.74) is 6.08. The van der Waals surface area contributed by atoms with Crippen LogP contribution >= 0.6 is 11.8 Å². The summed E-state index contributed by atoms with van der Waals surface area (Å²) in [7, 11) is 0. The molecule has 110 valence electrons. The Morgan fingerprint density at radius 1 is 1.35 bits per heavy atom. The van der Waals surface area contributed by atoms with Crippen LogP contribution in [0.3, 0.4) is 0 Å². The van der Waals surface area contributed by atoms with Gasteiger partial charge in [0.05, 0.1) is 11.3 Å². The molecule has 5 nitrogen and oxygen atoms in total. The number of carbonyl (C=O) groups is 2. The van der Waals surface area contributed by atoms with Crippen molar-refractivity contribution in [3.05, 3.63) is 29.3 Å². The predicted octanol–water partition coefficient (Wildman–Crippen LogP) is 2.54. The number of carboxylic acid groups (broad SMARTS) is 1. The number of carbonyl (C=O) groups excluding carboxylic acids is 1. The van der Waals surface area contributed by atoms with Crippen LogP contribution in [0.2, 0.25) is 0 Å². The average Bonchev–Trinajstić information content (AvgIpc) is 2.25. The summed E-state index contributed by atoms with van der Waals surface area (Å²) >= 11 is 1.30. The highest BCUT2D eigenvalue weighted by Crippen LogP contribution is 2.22. The van der Waals surface area contributed by atoms with Crippen LogP contribution in [0.5, 0.6) is 0 Å². The smallest absolute Gasteiger partial charge is 0.338 e. The van der Waals surface area contributed by atoms with Crippen molar-refractivity contribution in [1.82, 2.24) is 0 Å². The Labute approximate surface area is 122 Å². The fraction of sp³-hybridized carbons (Fsp3) is 0.429. The highest BCUT2D eigenvalue weighted by molar-refractivity contribution is 7.99. The molecule has 0 radical (unpaired) electrons. The maximum atomic E-state index is 11.6. The molecule has 0 amide bonds. The standard InChI is InChI=1S/C14H19NO4S/c1-14(2,3)19-11(16)8-20-7-9-5-4-6-10(15)12(9)13(17)18/h4-6H,7-8,15H2,1-3H3,(H,17,18). The number of carboxylic acids is 1. The van der Waals surface area contributed by atoms with E-state index in [-0.39, 0.29) is 23.0 Å². The Kier molecular flexibility index (Phi) is 5.44. The number of hydrogen-bond acceptors (Lipinski definition) is 5. The van der Waals surface area contributed by atoms with Gasteiger partial charge in [-0.05, 0) is 32.4 Å². The molecule has 0 atom stereocenters. The van der Waals surface area contributed by atoms with E-state index in [1.807, 2.05) is 0 Å². The molecule has 0 aliphatic heterocycles. The highest BCUT2D eigenvalue weighted by Gasteiger charge is 2.17. The van der Waals surface area contributed by atoms with Gasteiger partial charge in [0.15, 0.2) is 0 Å². The van der Waals surface area contributed by atoms with Crippen molar-refractivity contribution >= 4 is 29.4 Å². The van der Waals surface area contributed by atoms with Gasteiger partial charge in [-0.25, -0.2) is 4.79 Å². The van der Waals surface area contributed by atoms with E-state index in [2.05, 4.69) is 0 Å². The van der Waals surface area contributed by atoms with Crippen molar-refractivity contribution in [1.29, 1.82) is 0 Å². The first-order valence-corrected chi connectivity index (χ1v) is 7.26. The summed E-state index contributed by atoms with van der Waals surface area (Å²) in [4.78, 5) is 22.7. The topological polar surface area (TPSA) is 89.6 Å². The zero-order valence-corrected chi connectivity index (χ0v) is 12.6. The first-order chi connectivity index (χ1) is 9.20. The Morgan fingerprint density at radius 2 is 2.00 bits per heavy atom. The van der Waals surface area contributed by atoms with Crippen molar-refractivity contribution in [3.63, 3.8) is 0 Å². The second kappa shape index (κ2) is 6.65. The van der Waals surface area contributed by atoms with Crippen LogP contribution in [0.4, 0.5) is 5.69 Å². The van der Waals surface area contributed by atoms with Crippen LogP contribution in [0, 0.1) is 0 Å². The van der Waals surface area contributed by atoms with Crippen molar-refractivity contribution in [2.75, 3.05) is 11.5 Å². The third kappa shape index (κ3) is 5.13. The highest BCUT2D eigenvalue weighted by atomic mass is 32.2. The molecule has 1 aromatic carbocycles. The molecule has 0 heterocycles. The molecular weight excluding hydrogens is 278 g/mol. The van der Waals surface area contributed by atoms with Crippen LogP contribution in [0.15, 0.2) is 18.2 Å². The summed E-state index contributed by atoms with van der Waals surface area (Å²) in [5.74, 6) is -0.809. The van der Waals surface area contributed by atoms with Crippen LogP contribution in [-0.4, -0.2) is 28.4 Å². The molecule has 0 unspecified atom stereocenters. The van der Waals surface area contributed by atoms with Crippen LogP contribution in [0.25, 0.3) is 0 Å². The lowest BCUT2D eigenvalue weighted by Gasteiger charge is -2.19. The lowest BCUT2D eigenvalue weighted by atomic mass is 10.1. The Bertz CT molecular complexity index is 508. The lowest BCUT2D eigenvalue weighted by molar-refractivity contribution is -0.151. The van der Waals surface area contributed by atoms with Gasteiger partial charge in [0.1, 0.15) is 5.60 Å². The van der Waals surface area contributed by atoms with Crippen molar-refractivity contribution in [2.45, 2.75) is 32.1 Å². The molecule has 0 aliphatic rings. The SMILES string of the molecule is CC(C)(C)OC(=O)CSCc1cccc(N)c1C(=O)O. The van der Waals surface area contributed by atoms with Crippen molar-refractivity contribution in [3.8, 4) is 0 Å². The molecule has 20 heavy (non-hydrogen) atoms. The Morgan fingerprint density at radius 3 is 2.55 bits per heavy atom. The fourth-order valence-electron chi connectivity index (χ4n) is 1.62. The third-order valence-corrected chi connectivity index (χ3v) is 3.25. The van der Waals surface area contributed by atoms with Gasteiger partial charge in [0.2, 0.25) is 0 Å². The number of hydrogen-bond donors (Lipinski definition) is 2. The van der Waals surface area contributed by atoms with Gasteiger partial charge in [-0.1, -0.05) is 12.1 Å². The van der Waals surface area contributed by atoms with E-state index in [4.69, 9.17) is 15.6 Å². The van der Waals surface area contributed by atoms with Crippen LogP contribution < -0.4 is 5.73 Å². The van der Waals surface area contributed by atoms with E-state index in [9.17, 15) is 9.59 Å². The predicted molar refractivity (Wildman–Crippen MR) is 79.8 cm³/mol. The molecule has 1 rings (SSSR count). The zero-order valence-electron chi connectivity index (χ0n) is 11.8. The van der Waals surface area contributed by atoms with E-state index in [0.717, 1.165) is 0 Å². The number of nitrogens with two attached hydrogens (primary N) is 1. The number of thioether (sulfide) groups is 1. The number of benzene rings is 1. The molecule has 0 spiro atoms. The first-order valence-electron chi connectivity index (χ1n) is 6.11. The minimum atomic E-state index is -1.06. The van der Waals surface area contributed by atoms with E-state index in [0.29, 0.717) is 11.3 Å². The Balaban J connectivity index is 2.61. The molecule has 0 aliphatic carbocycles. The molecule has 1 aromatic rings. The van der Waals surface area contributed by atoms with Crippen LogP contribution in [-0.2, 0) is 15.3 Å². The second-order valence-corrected chi connectivity index (χ2v) is 6.25. The number of esters is 1.